The quantitative estimate of drug-likeness (QED) is 0.438. The normalized spacial score (nSPS) is 12.5. The van der Waals surface area contributed by atoms with E-state index in [-0.39, 0.29) is 10.6 Å². The SMILES string of the molecule is Fc1cccc(Cl)c1CC(Br)c1cc(Br)ccc1Br. The molecule has 19 heavy (non-hydrogen) atoms. The first-order valence-corrected chi connectivity index (χ1v) is 8.39. The Labute approximate surface area is 141 Å². The molecule has 2 aromatic carbocycles. The molecular formula is C14H9Br3ClF. The van der Waals surface area contributed by atoms with Crippen molar-refractivity contribution in [2.24, 2.45) is 0 Å². The van der Waals surface area contributed by atoms with Crippen LogP contribution in [-0.4, -0.2) is 0 Å². The van der Waals surface area contributed by atoms with Crippen LogP contribution in [0.4, 0.5) is 4.39 Å². The van der Waals surface area contributed by atoms with Gasteiger partial charge < -0.3 is 0 Å². The van der Waals surface area contributed by atoms with E-state index in [1.807, 2.05) is 18.2 Å². The zero-order valence-electron chi connectivity index (χ0n) is 9.64. The summed E-state index contributed by atoms with van der Waals surface area (Å²) in [6.07, 6.45) is 0.487. The molecule has 0 aliphatic carbocycles. The summed E-state index contributed by atoms with van der Waals surface area (Å²) in [5, 5.41) is 0.454. The highest BCUT2D eigenvalue weighted by Crippen LogP contribution is 2.36. The van der Waals surface area contributed by atoms with Crippen molar-refractivity contribution in [3.8, 4) is 0 Å². The standard InChI is InChI=1S/C14H9Br3ClF/c15-8-4-5-11(16)9(6-8)12(17)7-10-13(18)2-1-3-14(10)19/h1-6,12H,7H2. The van der Waals surface area contributed by atoms with Gasteiger partial charge in [-0.2, -0.15) is 0 Å². The summed E-state index contributed by atoms with van der Waals surface area (Å²) in [6, 6.07) is 10.6. The Bertz CT molecular complexity index is 581. The number of alkyl halides is 1. The average molecular weight is 471 g/mol. The van der Waals surface area contributed by atoms with Crippen molar-refractivity contribution in [1.29, 1.82) is 0 Å². The first kappa shape index (κ1) is 15.5. The van der Waals surface area contributed by atoms with Gasteiger partial charge in [0, 0.05) is 24.4 Å². The molecule has 0 amide bonds. The molecule has 0 radical (unpaired) electrons. The van der Waals surface area contributed by atoms with Crippen molar-refractivity contribution in [2.45, 2.75) is 11.2 Å². The summed E-state index contributed by atoms with van der Waals surface area (Å²) in [7, 11) is 0. The van der Waals surface area contributed by atoms with Gasteiger partial charge in [0.15, 0.2) is 0 Å². The number of hydrogen-bond donors (Lipinski definition) is 0. The fraction of sp³-hybridized carbons (Fsp3) is 0.143. The molecule has 1 unspecified atom stereocenters. The second-order valence-corrected chi connectivity index (χ2v) is 7.32. The van der Waals surface area contributed by atoms with E-state index in [0.717, 1.165) is 14.5 Å². The van der Waals surface area contributed by atoms with Gasteiger partial charge >= 0.3 is 0 Å². The number of rotatable bonds is 3. The lowest BCUT2D eigenvalue weighted by atomic mass is 10.0. The lowest BCUT2D eigenvalue weighted by molar-refractivity contribution is 0.608. The Morgan fingerprint density at radius 1 is 1.16 bits per heavy atom. The molecule has 0 saturated carbocycles. The minimum atomic E-state index is -0.275. The summed E-state index contributed by atoms with van der Waals surface area (Å²) in [5.74, 6) is -0.275. The van der Waals surface area contributed by atoms with Gasteiger partial charge in [0.2, 0.25) is 0 Å². The van der Waals surface area contributed by atoms with E-state index in [2.05, 4.69) is 47.8 Å². The third-order valence-electron chi connectivity index (χ3n) is 2.74. The predicted octanol–water partition coefficient (Wildman–Crippen LogP) is 6.68. The number of benzene rings is 2. The zero-order chi connectivity index (χ0) is 14.0. The van der Waals surface area contributed by atoms with Crippen LogP contribution in [0.25, 0.3) is 0 Å². The second kappa shape index (κ2) is 6.70. The lowest BCUT2D eigenvalue weighted by Crippen LogP contribution is -2.00. The Morgan fingerprint density at radius 3 is 2.58 bits per heavy atom. The summed E-state index contributed by atoms with van der Waals surface area (Å²) >= 11 is 16.6. The van der Waals surface area contributed by atoms with Crippen LogP contribution in [0.5, 0.6) is 0 Å². The Balaban J connectivity index is 2.31. The molecular weight excluding hydrogens is 462 g/mol. The van der Waals surface area contributed by atoms with Gasteiger partial charge in [0.1, 0.15) is 5.82 Å². The summed E-state index contributed by atoms with van der Waals surface area (Å²) in [4.78, 5) is -0.0197. The van der Waals surface area contributed by atoms with Crippen LogP contribution in [0.15, 0.2) is 45.3 Å². The molecule has 0 nitrogen and oxygen atoms in total. The third kappa shape index (κ3) is 3.81. The monoisotopic (exact) mass is 468 g/mol. The van der Waals surface area contributed by atoms with Gasteiger partial charge in [-0.1, -0.05) is 65.5 Å². The van der Waals surface area contributed by atoms with Crippen molar-refractivity contribution in [3.05, 3.63) is 67.3 Å². The van der Waals surface area contributed by atoms with Gasteiger partial charge in [-0.05, 0) is 42.3 Å². The van der Waals surface area contributed by atoms with E-state index < -0.39 is 0 Å². The van der Waals surface area contributed by atoms with Crippen LogP contribution >= 0.6 is 59.4 Å². The molecule has 0 aliphatic rings. The van der Waals surface area contributed by atoms with Gasteiger partial charge in [0.05, 0.1) is 0 Å². The molecule has 2 aromatic rings. The first-order chi connectivity index (χ1) is 8.99. The second-order valence-electron chi connectivity index (χ2n) is 4.04. The average Bonchev–Trinajstić information content (AvgIpc) is 2.37. The molecule has 5 heteroatoms. The summed E-state index contributed by atoms with van der Waals surface area (Å²) in [6.45, 7) is 0. The van der Waals surface area contributed by atoms with Crippen LogP contribution in [0.3, 0.4) is 0 Å². The van der Waals surface area contributed by atoms with Crippen LogP contribution in [0, 0.1) is 5.82 Å². The highest BCUT2D eigenvalue weighted by atomic mass is 79.9. The molecule has 100 valence electrons. The minimum absolute atomic E-state index is 0.0197. The fourth-order valence-corrected chi connectivity index (χ4v) is 3.92. The van der Waals surface area contributed by atoms with Gasteiger partial charge in [-0.15, -0.1) is 0 Å². The van der Waals surface area contributed by atoms with E-state index in [0.29, 0.717) is 17.0 Å². The van der Waals surface area contributed by atoms with Crippen LogP contribution in [-0.2, 0) is 6.42 Å². The molecule has 0 spiro atoms. The molecule has 1 atom stereocenters. The van der Waals surface area contributed by atoms with Crippen molar-refractivity contribution in [3.63, 3.8) is 0 Å². The van der Waals surface area contributed by atoms with E-state index in [9.17, 15) is 4.39 Å². The topological polar surface area (TPSA) is 0 Å². The van der Waals surface area contributed by atoms with E-state index >= 15 is 0 Å². The maximum absolute atomic E-state index is 13.8. The molecule has 0 aliphatic heterocycles. The molecule has 0 aromatic heterocycles. The Kier molecular flexibility index (Phi) is 5.46. The lowest BCUT2D eigenvalue weighted by Gasteiger charge is -2.14. The van der Waals surface area contributed by atoms with Gasteiger partial charge in [-0.3, -0.25) is 0 Å². The van der Waals surface area contributed by atoms with Crippen LogP contribution in [0.2, 0.25) is 5.02 Å². The highest BCUT2D eigenvalue weighted by molar-refractivity contribution is 9.11. The van der Waals surface area contributed by atoms with E-state index in [1.165, 1.54) is 6.07 Å². The summed E-state index contributed by atoms with van der Waals surface area (Å²) < 4.78 is 15.7. The minimum Gasteiger partial charge on any atom is -0.207 e. The number of hydrogen-bond acceptors (Lipinski definition) is 0. The maximum Gasteiger partial charge on any atom is 0.127 e. The zero-order valence-corrected chi connectivity index (χ0v) is 15.2. The van der Waals surface area contributed by atoms with Crippen molar-refractivity contribution >= 4 is 59.4 Å². The van der Waals surface area contributed by atoms with Gasteiger partial charge in [-0.25, -0.2) is 4.39 Å². The largest absolute Gasteiger partial charge is 0.207 e. The molecule has 2 rings (SSSR count). The molecule has 0 N–H and O–H groups in total. The Morgan fingerprint density at radius 2 is 1.89 bits per heavy atom. The summed E-state index contributed by atoms with van der Waals surface area (Å²) in [5.41, 5.74) is 1.58. The maximum atomic E-state index is 13.8. The predicted molar refractivity (Wildman–Crippen MR) is 88.6 cm³/mol. The molecule has 0 heterocycles. The Hall–Kier alpha value is 0.1000. The number of halogens is 5. The van der Waals surface area contributed by atoms with Crippen LogP contribution in [0.1, 0.15) is 16.0 Å². The van der Waals surface area contributed by atoms with Crippen molar-refractivity contribution in [2.75, 3.05) is 0 Å². The fourth-order valence-electron chi connectivity index (χ4n) is 1.77. The van der Waals surface area contributed by atoms with E-state index in [1.54, 1.807) is 12.1 Å². The highest BCUT2D eigenvalue weighted by Gasteiger charge is 2.16. The van der Waals surface area contributed by atoms with Crippen LogP contribution < -0.4 is 0 Å². The third-order valence-corrected chi connectivity index (χ3v) is 5.13. The van der Waals surface area contributed by atoms with E-state index in [4.69, 9.17) is 11.6 Å². The molecule has 0 fully saturated rings. The first-order valence-electron chi connectivity index (χ1n) is 5.51. The van der Waals surface area contributed by atoms with Crippen molar-refractivity contribution < 1.29 is 4.39 Å². The smallest absolute Gasteiger partial charge is 0.127 e. The molecule has 0 bridgehead atoms. The van der Waals surface area contributed by atoms with Crippen molar-refractivity contribution in [1.82, 2.24) is 0 Å². The molecule has 0 saturated heterocycles. The van der Waals surface area contributed by atoms with Gasteiger partial charge in [0.25, 0.3) is 0 Å².